The van der Waals surface area contributed by atoms with Gasteiger partial charge in [0.05, 0.1) is 12.6 Å². The van der Waals surface area contributed by atoms with E-state index < -0.39 is 0 Å². The lowest BCUT2D eigenvalue weighted by molar-refractivity contribution is -0.0265. The lowest BCUT2D eigenvalue weighted by Crippen LogP contribution is -2.41. The first kappa shape index (κ1) is 19.9. The number of thiophene rings is 1. The van der Waals surface area contributed by atoms with Gasteiger partial charge >= 0.3 is 0 Å². The maximum absolute atomic E-state index is 6.13. The van der Waals surface area contributed by atoms with E-state index in [1.54, 1.807) is 0 Å². The second-order valence-electron chi connectivity index (χ2n) is 7.13. The van der Waals surface area contributed by atoms with E-state index in [0.717, 1.165) is 38.5 Å². The van der Waals surface area contributed by atoms with Gasteiger partial charge in [0.15, 0.2) is 5.96 Å². The van der Waals surface area contributed by atoms with Crippen molar-refractivity contribution >= 4 is 17.3 Å². The molecule has 4 nitrogen and oxygen atoms in total. The quantitative estimate of drug-likeness (QED) is 0.570. The first-order valence-electron chi connectivity index (χ1n) is 9.90. The van der Waals surface area contributed by atoms with Crippen molar-refractivity contribution in [1.29, 1.82) is 0 Å². The van der Waals surface area contributed by atoms with Gasteiger partial charge in [0.2, 0.25) is 0 Å². The summed E-state index contributed by atoms with van der Waals surface area (Å²) in [4.78, 5) is 7.15. The average Bonchev–Trinajstić information content (AvgIpc) is 3.17. The molecule has 0 aliphatic carbocycles. The standard InChI is InChI=1S/C22H31N3OS/c1-4-19-11-12-20(27-19)15-25-22(23-3)24-14-18-6-5-13-26-21(18)17-9-7-16(2)8-10-17/h7-12,18,21H,4-6,13-15H2,1-3H3,(H2,23,24,25). The number of aliphatic imine (C=N–C) groups is 1. The van der Waals surface area contributed by atoms with Gasteiger partial charge in [-0.1, -0.05) is 36.8 Å². The fraction of sp³-hybridized carbons (Fsp3) is 0.500. The van der Waals surface area contributed by atoms with Crippen molar-refractivity contribution in [2.75, 3.05) is 20.2 Å². The fourth-order valence-electron chi connectivity index (χ4n) is 3.50. The molecule has 2 heterocycles. The van der Waals surface area contributed by atoms with Gasteiger partial charge in [-0.3, -0.25) is 4.99 Å². The lowest BCUT2D eigenvalue weighted by Gasteiger charge is -2.32. The molecule has 2 atom stereocenters. The summed E-state index contributed by atoms with van der Waals surface area (Å²) in [5.74, 6) is 1.31. The smallest absolute Gasteiger partial charge is 0.191 e. The van der Waals surface area contributed by atoms with Crippen LogP contribution in [-0.4, -0.2) is 26.2 Å². The van der Waals surface area contributed by atoms with Crippen molar-refractivity contribution in [1.82, 2.24) is 10.6 Å². The zero-order chi connectivity index (χ0) is 19.1. The Morgan fingerprint density at radius 1 is 1.15 bits per heavy atom. The molecule has 146 valence electrons. The largest absolute Gasteiger partial charge is 0.373 e. The van der Waals surface area contributed by atoms with Gasteiger partial charge in [0, 0.05) is 35.9 Å². The number of nitrogens with zero attached hydrogens (tertiary/aromatic N) is 1. The summed E-state index contributed by atoms with van der Waals surface area (Å²) in [5.41, 5.74) is 2.56. The average molecular weight is 386 g/mol. The predicted molar refractivity (Wildman–Crippen MR) is 114 cm³/mol. The Labute approximate surface area is 167 Å². The van der Waals surface area contributed by atoms with Gasteiger partial charge in [-0.05, 0) is 43.9 Å². The summed E-state index contributed by atoms with van der Waals surface area (Å²) in [6.07, 6.45) is 3.55. The van der Waals surface area contributed by atoms with Crippen LogP contribution in [0.2, 0.25) is 0 Å². The summed E-state index contributed by atoms with van der Waals surface area (Å²) < 4.78 is 6.13. The van der Waals surface area contributed by atoms with E-state index in [9.17, 15) is 0 Å². The van der Waals surface area contributed by atoms with Gasteiger partial charge in [0.1, 0.15) is 0 Å². The van der Waals surface area contributed by atoms with Crippen LogP contribution in [0.5, 0.6) is 0 Å². The van der Waals surface area contributed by atoms with Crippen LogP contribution in [0.15, 0.2) is 41.4 Å². The lowest BCUT2D eigenvalue weighted by atomic mass is 9.89. The zero-order valence-corrected chi connectivity index (χ0v) is 17.4. The van der Waals surface area contributed by atoms with E-state index in [1.807, 2.05) is 18.4 Å². The number of aryl methyl sites for hydroxylation is 2. The molecule has 1 aromatic heterocycles. The molecule has 0 bridgehead atoms. The third kappa shape index (κ3) is 5.56. The Morgan fingerprint density at radius 3 is 2.63 bits per heavy atom. The zero-order valence-electron chi connectivity index (χ0n) is 16.6. The summed E-state index contributed by atoms with van der Waals surface area (Å²) >= 11 is 1.87. The Hall–Kier alpha value is -1.85. The molecular weight excluding hydrogens is 354 g/mol. The number of guanidine groups is 1. The third-order valence-corrected chi connectivity index (χ3v) is 6.33. The number of rotatable bonds is 6. The Bertz CT molecular complexity index is 738. The van der Waals surface area contributed by atoms with Crippen LogP contribution < -0.4 is 10.6 Å². The van der Waals surface area contributed by atoms with Gasteiger partial charge < -0.3 is 15.4 Å². The van der Waals surface area contributed by atoms with Crippen LogP contribution in [0, 0.1) is 12.8 Å². The highest BCUT2D eigenvalue weighted by molar-refractivity contribution is 7.11. The highest BCUT2D eigenvalue weighted by Gasteiger charge is 2.27. The predicted octanol–water partition coefficient (Wildman–Crippen LogP) is 4.45. The molecule has 0 saturated carbocycles. The monoisotopic (exact) mass is 385 g/mol. The van der Waals surface area contributed by atoms with Gasteiger partial charge in [-0.15, -0.1) is 11.3 Å². The number of ether oxygens (including phenoxy) is 1. The Morgan fingerprint density at radius 2 is 1.93 bits per heavy atom. The van der Waals surface area contributed by atoms with E-state index >= 15 is 0 Å². The molecule has 1 fully saturated rings. The van der Waals surface area contributed by atoms with Crippen LogP contribution in [0.25, 0.3) is 0 Å². The van der Waals surface area contributed by atoms with Crippen molar-refractivity contribution in [2.24, 2.45) is 10.9 Å². The van der Waals surface area contributed by atoms with Crippen LogP contribution in [0.4, 0.5) is 0 Å². The van der Waals surface area contributed by atoms with Gasteiger partial charge in [0.25, 0.3) is 0 Å². The normalized spacial score (nSPS) is 20.5. The van der Waals surface area contributed by atoms with Crippen LogP contribution in [0.3, 0.4) is 0 Å². The summed E-state index contributed by atoms with van der Waals surface area (Å²) in [7, 11) is 1.83. The SMILES string of the molecule is CCc1ccc(CNC(=NC)NCC2CCCOC2c2ccc(C)cc2)s1. The summed E-state index contributed by atoms with van der Waals surface area (Å²) in [5, 5.41) is 6.94. The molecule has 2 aromatic rings. The van der Waals surface area contributed by atoms with E-state index in [2.05, 4.69) is 65.9 Å². The number of hydrogen-bond donors (Lipinski definition) is 2. The molecular formula is C22H31N3OS. The van der Waals surface area contributed by atoms with Crippen LogP contribution in [0.1, 0.15) is 46.8 Å². The molecule has 0 radical (unpaired) electrons. The van der Waals surface area contributed by atoms with Gasteiger partial charge in [-0.2, -0.15) is 0 Å². The number of nitrogens with one attached hydrogen (secondary N) is 2. The van der Waals surface area contributed by atoms with Crippen LogP contribution >= 0.6 is 11.3 Å². The van der Waals surface area contributed by atoms with Gasteiger partial charge in [-0.25, -0.2) is 0 Å². The second kappa shape index (κ2) is 9.90. The molecule has 2 unspecified atom stereocenters. The van der Waals surface area contributed by atoms with E-state index in [4.69, 9.17) is 4.74 Å². The molecule has 3 rings (SSSR count). The molecule has 2 N–H and O–H groups in total. The van der Waals surface area contributed by atoms with Crippen molar-refractivity contribution in [3.8, 4) is 0 Å². The number of hydrogen-bond acceptors (Lipinski definition) is 3. The third-order valence-electron chi connectivity index (χ3n) is 5.10. The first-order chi connectivity index (χ1) is 13.2. The second-order valence-corrected chi connectivity index (χ2v) is 8.39. The molecule has 1 aliphatic heterocycles. The van der Waals surface area contributed by atoms with E-state index in [-0.39, 0.29) is 6.10 Å². The molecule has 0 spiro atoms. The summed E-state index contributed by atoms with van der Waals surface area (Å²) in [6, 6.07) is 13.2. The maximum Gasteiger partial charge on any atom is 0.191 e. The molecule has 1 saturated heterocycles. The van der Waals surface area contributed by atoms with E-state index in [0.29, 0.717) is 5.92 Å². The molecule has 5 heteroatoms. The van der Waals surface area contributed by atoms with Crippen molar-refractivity contribution in [3.63, 3.8) is 0 Å². The molecule has 27 heavy (non-hydrogen) atoms. The Kier molecular flexibility index (Phi) is 7.30. The maximum atomic E-state index is 6.13. The minimum Gasteiger partial charge on any atom is -0.373 e. The minimum absolute atomic E-state index is 0.161. The molecule has 0 amide bonds. The minimum atomic E-state index is 0.161. The number of benzene rings is 1. The topological polar surface area (TPSA) is 45.7 Å². The summed E-state index contributed by atoms with van der Waals surface area (Å²) in [6.45, 7) is 6.84. The first-order valence-corrected chi connectivity index (χ1v) is 10.7. The molecule has 1 aromatic carbocycles. The fourth-order valence-corrected chi connectivity index (χ4v) is 4.40. The molecule has 1 aliphatic rings. The van der Waals surface area contributed by atoms with Crippen molar-refractivity contribution in [3.05, 3.63) is 57.3 Å². The van der Waals surface area contributed by atoms with E-state index in [1.165, 1.54) is 27.3 Å². The van der Waals surface area contributed by atoms with Crippen molar-refractivity contribution < 1.29 is 4.74 Å². The Balaban J connectivity index is 1.54. The highest BCUT2D eigenvalue weighted by atomic mass is 32.1. The van der Waals surface area contributed by atoms with Crippen LogP contribution in [-0.2, 0) is 17.7 Å². The van der Waals surface area contributed by atoms with Crippen molar-refractivity contribution in [2.45, 2.75) is 45.8 Å². The highest BCUT2D eigenvalue weighted by Crippen LogP contribution is 2.33.